The summed E-state index contributed by atoms with van der Waals surface area (Å²) in [6, 6.07) is 0. The normalized spacial score (nSPS) is 16.9. The van der Waals surface area contributed by atoms with E-state index in [2.05, 4.69) is 0 Å². The van der Waals surface area contributed by atoms with E-state index in [4.69, 9.17) is 11.1 Å². The third kappa shape index (κ3) is 2.38. The Bertz CT molecular complexity index is 321. The van der Waals surface area contributed by atoms with Crippen LogP contribution in [0.1, 0.15) is 12.8 Å². The lowest BCUT2D eigenvalue weighted by atomic mass is 10.2. The molecule has 1 saturated carbocycles. The number of hydrogen-bond donors (Lipinski definition) is 3. The molecule has 1 rings (SSSR count). The summed E-state index contributed by atoms with van der Waals surface area (Å²) in [7, 11) is 0. The molecule has 0 heterocycles. The lowest BCUT2D eigenvalue weighted by molar-refractivity contribution is -0.138. The van der Waals surface area contributed by atoms with Crippen LogP contribution in [0.2, 0.25) is 0 Å². The zero-order valence-electron chi connectivity index (χ0n) is 7.34. The maximum atomic E-state index is 12.6. The molecule has 1 amide bonds. The summed E-state index contributed by atoms with van der Waals surface area (Å²) in [5.74, 6) is -3.39. The van der Waals surface area contributed by atoms with E-state index in [1.165, 1.54) is 0 Å². The summed E-state index contributed by atoms with van der Waals surface area (Å²) in [6.07, 6.45) is 1.75. The van der Waals surface area contributed by atoms with E-state index in [9.17, 15) is 14.0 Å². The SMILES string of the molecule is N=C/C(F)=C(\N)NC(=O)C(=O)C1CC1. The first-order valence-corrected chi connectivity index (χ1v) is 4.07. The molecule has 0 aromatic carbocycles. The molecule has 4 N–H and O–H groups in total. The molecule has 0 spiro atoms. The van der Waals surface area contributed by atoms with Crippen LogP contribution in [0.15, 0.2) is 11.6 Å². The van der Waals surface area contributed by atoms with Crippen molar-refractivity contribution in [3.63, 3.8) is 0 Å². The molecule has 0 aromatic rings. The van der Waals surface area contributed by atoms with Crippen molar-refractivity contribution in [1.82, 2.24) is 5.32 Å². The molecule has 0 radical (unpaired) electrons. The third-order valence-corrected chi connectivity index (χ3v) is 1.80. The predicted molar refractivity (Wildman–Crippen MR) is 47.0 cm³/mol. The summed E-state index contributed by atoms with van der Waals surface area (Å²) >= 11 is 0. The number of halogens is 1. The fourth-order valence-electron chi connectivity index (χ4n) is 0.852. The molecule has 1 fully saturated rings. The molecular formula is C8H10FN3O2. The van der Waals surface area contributed by atoms with Crippen LogP contribution in [0.3, 0.4) is 0 Å². The second-order valence-corrected chi connectivity index (χ2v) is 3.00. The highest BCUT2D eigenvalue weighted by Crippen LogP contribution is 2.29. The van der Waals surface area contributed by atoms with Gasteiger partial charge in [-0.2, -0.15) is 0 Å². The second kappa shape index (κ2) is 3.99. The van der Waals surface area contributed by atoms with Gasteiger partial charge in [0.1, 0.15) is 5.82 Å². The molecule has 76 valence electrons. The van der Waals surface area contributed by atoms with Crippen LogP contribution >= 0.6 is 0 Å². The molecule has 0 unspecified atom stereocenters. The van der Waals surface area contributed by atoms with Crippen molar-refractivity contribution in [2.75, 3.05) is 0 Å². The zero-order chi connectivity index (χ0) is 10.7. The smallest absolute Gasteiger partial charge is 0.293 e. The maximum Gasteiger partial charge on any atom is 0.293 e. The van der Waals surface area contributed by atoms with Gasteiger partial charge in [0.2, 0.25) is 5.78 Å². The number of rotatable bonds is 4. The Morgan fingerprint density at radius 3 is 2.50 bits per heavy atom. The van der Waals surface area contributed by atoms with Gasteiger partial charge in [0.15, 0.2) is 5.83 Å². The van der Waals surface area contributed by atoms with Crippen LogP contribution in [0.4, 0.5) is 4.39 Å². The third-order valence-electron chi connectivity index (χ3n) is 1.80. The minimum atomic E-state index is -1.07. The highest BCUT2D eigenvalue weighted by molar-refractivity contribution is 6.37. The van der Waals surface area contributed by atoms with E-state index in [1.54, 1.807) is 0 Å². The number of Topliss-reactive ketones (excluding diaryl/α,β-unsaturated/α-hetero) is 1. The van der Waals surface area contributed by atoms with E-state index in [-0.39, 0.29) is 5.92 Å². The van der Waals surface area contributed by atoms with Gasteiger partial charge in [-0.25, -0.2) is 4.39 Å². The first-order valence-electron chi connectivity index (χ1n) is 4.07. The van der Waals surface area contributed by atoms with E-state index >= 15 is 0 Å². The number of nitrogens with two attached hydrogens (primary N) is 1. The predicted octanol–water partition coefficient (Wildman–Crippen LogP) is -0.171. The van der Waals surface area contributed by atoms with Gasteiger partial charge >= 0.3 is 0 Å². The van der Waals surface area contributed by atoms with E-state index in [1.807, 2.05) is 5.32 Å². The Labute approximate surface area is 79.7 Å². The average Bonchev–Trinajstić information content (AvgIpc) is 2.98. The van der Waals surface area contributed by atoms with Gasteiger partial charge in [-0.3, -0.25) is 9.59 Å². The topological polar surface area (TPSA) is 96.0 Å². The summed E-state index contributed by atoms with van der Waals surface area (Å²) in [5.41, 5.74) is 5.06. The largest absolute Gasteiger partial charge is 0.383 e. The first-order chi connectivity index (χ1) is 6.56. The molecule has 0 atom stereocenters. The van der Waals surface area contributed by atoms with Gasteiger partial charge < -0.3 is 16.5 Å². The zero-order valence-corrected chi connectivity index (χ0v) is 7.34. The summed E-state index contributed by atoms with van der Waals surface area (Å²) in [4.78, 5) is 22.1. The minimum absolute atomic E-state index is 0.231. The van der Waals surface area contributed by atoms with Gasteiger partial charge in [-0.15, -0.1) is 0 Å². The van der Waals surface area contributed by atoms with Gasteiger partial charge in [0.25, 0.3) is 5.91 Å². The molecule has 0 aromatic heterocycles. The molecule has 1 aliphatic rings. The van der Waals surface area contributed by atoms with Gasteiger partial charge in [0, 0.05) is 5.92 Å². The Morgan fingerprint density at radius 1 is 1.50 bits per heavy atom. The van der Waals surface area contributed by atoms with Crippen LogP contribution in [0.25, 0.3) is 0 Å². The van der Waals surface area contributed by atoms with Gasteiger partial charge in [-0.1, -0.05) is 0 Å². The Morgan fingerprint density at radius 2 is 2.07 bits per heavy atom. The van der Waals surface area contributed by atoms with Crippen molar-refractivity contribution < 1.29 is 14.0 Å². The number of hydrogen-bond acceptors (Lipinski definition) is 4. The van der Waals surface area contributed by atoms with Gasteiger partial charge in [0.05, 0.1) is 6.21 Å². The van der Waals surface area contributed by atoms with Crippen LogP contribution < -0.4 is 11.1 Å². The van der Waals surface area contributed by atoms with Crippen molar-refractivity contribution in [2.45, 2.75) is 12.8 Å². The number of allylic oxidation sites excluding steroid dienone is 1. The Balaban J connectivity index is 2.55. The lowest BCUT2D eigenvalue weighted by Crippen LogP contribution is -2.35. The van der Waals surface area contributed by atoms with Gasteiger partial charge in [-0.05, 0) is 12.8 Å². The van der Waals surface area contributed by atoms with Crippen molar-refractivity contribution in [1.29, 1.82) is 5.41 Å². The minimum Gasteiger partial charge on any atom is -0.383 e. The van der Waals surface area contributed by atoms with Crippen LogP contribution in [0.5, 0.6) is 0 Å². The standard InChI is InChI=1S/C8H10FN3O2/c9-5(3-10)7(11)12-8(14)6(13)4-1-2-4/h3-4,10H,1-2,11H2,(H,12,14)/b7-5-,10-3?. The van der Waals surface area contributed by atoms with Crippen LogP contribution in [0, 0.1) is 11.3 Å². The molecule has 6 heteroatoms. The quantitative estimate of drug-likeness (QED) is 0.433. The van der Waals surface area contributed by atoms with Crippen LogP contribution in [-0.2, 0) is 9.59 Å². The fourth-order valence-corrected chi connectivity index (χ4v) is 0.852. The molecule has 1 aliphatic carbocycles. The van der Waals surface area contributed by atoms with Crippen molar-refractivity contribution in [3.8, 4) is 0 Å². The number of nitrogens with one attached hydrogen (secondary N) is 2. The molecular weight excluding hydrogens is 189 g/mol. The lowest BCUT2D eigenvalue weighted by Gasteiger charge is -2.02. The summed E-state index contributed by atoms with van der Waals surface area (Å²) in [6.45, 7) is 0. The van der Waals surface area contributed by atoms with Crippen molar-refractivity contribution in [3.05, 3.63) is 11.6 Å². The number of ketones is 1. The van der Waals surface area contributed by atoms with E-state index in [0.717, 1.165) is 0 Å². The molecule has 0 bridgehead atoms. The average molecular weight is 199 g/mol. The summed E-state index contributed by atoms with van der Waals surface area (Å²) < 4.78 is 12.6. The first kappa shape index (κ1) is 10.4. The molecule has 0 saturated heterocycles. The van der Waals surface area contributed by atoms with E-state index < -0.39 is 23.3 Å². The highest BCUT2D eigenvalue weighted by Gasteiger charge is 2.34. The van der Waals surface area contributed by atoms with Crippen molar-refractivity contribution >= 4 is 17.9 Å². The van der Waals surface area contributed by atoms with E-state index in [0.29, 0.717) is 19.1 Å². The Hall–Kier alpha value is -1.72. The summed E-state index contributed by atoms with van der Waals surface area (Å²) in [5, 5.41) is 8.41. The maximum absolute atomic E-state index is 12.6. The highest BCUT2D eigenvalue weighted by atomic mass is 19.1. The number of amides is 1. The molecule has 14 heavy (non-hydrogen) atoms. The van der Waals surface area contributed by atoms with Crippen LogP contribution in [-0.4, -0.2) is 17.9 Å². The number of carbonyl (C=O) groups excluding carboxylic acids is 2. The second-order valence-electron chi connectivity index (χ2n) is 3.00. The fraction of sp³-hybridized carbons (Fsp3) is 0.375. The number of carbonyl (C=O) groups is 2. The molecule has 5 nitrogen and oxygen atoms in total. The monoisotopic (exact) mass is 199 g/mol. The molecule has 0 aliphatic heterocycles. The Kier molecular flexibility index (Phi) is 2.95. The van der Waals surface area contributed by atoms with Crippen molar-refractivity contribution in [2.24, 2.45) is 11.7 Å².